The molecule has 0 saturated carbocycles. The van der Waals surface area contributed by atoms with Crippen LogP contribution in [0.3, 0.4) is 0 Å². The largest absolute Gasteiger partial charge is 0.482 e. The Morgan fingerprint density at radius 1 is 1.00 bits per heavy atom. The molecule has 0 saturated heterocycles. The van der Waals surface area contributed by atoms with E-state index in [0.717, 1.165) is 11.6 Å². The van der Waals surface area contributed by atoms with E-state index in [9.17, 15) is 20.2 Å². The third-order valence-electron chi connectivity index (χ3n) is 2.83. The lowest BCUT2D eigenvalue weighted by Crippen LogP contribution is -2.00. The Balaban J connectivity index is 2.28. The van der Waals surface area contributed by atoms with Gasteiger partial charge in [0.2, 0.25) is 6.20 Å². The molecule has 7 nitrogen and oxygen atoms in total. The summed E-state index contributed by atoms with van der Waals surface area (Å²) in [7, 11) is 0. The second-order valence-electron chi connectivity index (χ2n) is 4.33. The van der Waals surface area contributed by atoms with Gasteiger partial charge in [-0.1, -0.05) is 36.4 Å². The molecule has 0 atom stereocenters. The van der Waals surface area contributed by atoms with Crippen LogP contribution >= 0.6 is 0 Å². The van der Waals surface area contributed by atoms with E-state index >= 15 is 0 Å². The van der Waals surface area contributed by atoms with Crippen LogP contribution in [0.25, 0.3) is 6.08 Å². The van der Waals surface area contributed by atoms with Crippen molar-refractivity contribution in [3.8, 4) is 5.75 Å². The summed E-state index contributed by atoms with van der Waals surface area (Å²) in [6.45, 7) is 0.171. The highest BCUT2D eigenvalue weighted by Crippen LogP contribution is 2.32. The number of benzene rings is 2. The summed E-state index contributed by atoms with van der Waals surface area (Å²) in [5, 5.41) is 21.6. The molecule has 0 aliphatic rings. The minimum Gasteiger partial charge on any atom is -0.482 e. The van der Waals surface area contributed by atoms with Crippen LogP contribution in [0.1, 0.15) is 11.1 Å². The molecule has 2 rings (SSSR count). The number of nitro groups is 2. The lowest BCUT2D eigenvalue weighted by atomic mass is 10.1. The van der Waals surface area contributed by atoms with Gasteiger partial charge >= 0.3 is 5.69 Å². The smallest absolute Gasteiger partial charge is 0.318 e. The zero-order chi connectivity index (χ0) is 15.9. The molecule has 22 heavy (non-hydrogen) atoms. The van der Waals surface area contributed by atoms with E-state index in [-0.39, 0.29) is 23.6 Å². The highest BCUT2D eigenvalue weighted by atomic mass is 16.6. The molecule has 2 aromatic carbocycles. The third-order valence-corrected chi connectivity index (χ3v) is 2.83. The van der Waals surface area contributed by atoms with Crippen LogP contribution < -0.4 is 4.74 Å². The van der Waals surface area contributed by atoms with Gasteiger partial charge in [0.05, 0.1) is 15.4 Å². The number of nitro benzene ring substituents is 1. The van der Waals surface area contributed by atoms with Crippen molar-refractivity contribution in [2.24, 2.45) is 0 Å². The van der Waals surface area contributed by atoms with Gasteiger partial charge in [0.1, 0.15) is 6.61 Å². The molecule has 7 heteroatoms. The molecule has 0 unspecified atom stereocenters. The van der Waals surface area contributed by atoms with Crippen molar-refractivity contribution < 1.29 is 14.6 Å². The van der Waals surface area contributed by atoms with Crippen molar-refractivity contribution in [3.63, 3.8) is 0 Å². The number of hydrogen-bond acceptors (Lipinski definition) is 5. The van der Waals surface area contributed by atoms with Gasteiger partial charge in [0.25, 0.3) is 0 Å². The normalized spacial score (nSPS) is 10.5. The molecule has 0 aliphatic carbocycles. The van der Waals surface area contributed by atoms with Crippen LogP contribution in [0.2, 0.25) is 0 Å². The standard InChI is InChI=1S/C15H12N2O5/c18-16(19)10-9-13-7-4-8-14(15(13)17(20)21)22-11-12-5-2-1-3-6-12/h1-10H,11H2/b10-9+. The molecule has 112 valence electrons. The predicted molar refractivity (Wildman–Crippen MR) is 79.9 cm³/mol. The first-order valence-corrected chi connectivity index (χ1v) is 6.34. The van der Waals surface area contributed by atoms with E-state index in [1.807, 2.05) is 30.3 Å². The van der Waals surface area contributed by atoms with Crippen molar-refractivity contribution >= 4 is 11.8 Å². The molecule has 0 aromatic heterocycles. The average Bonchev–Trinajstić information content (AvgIpc) is 2.51. The first-order valence-electron chi connectivity index (χ1n) is 6.34. The third kappa shape index (κ3) is 3.89. The highest BCUT2D eigenvalue weighted by Gasteiger charge is 2.20. The van der Waals surface area contributed by atoms with Crippen LogP contribution in [0.5, 0.6) is 5.75 Å². The Morgan fingerprint density at radius 3 is 2.36 bits per heavy atom. The molecule has 2 aromatic rings. The Bertz CT molecular complexity index is 713. The summed E-state index contributed by atoms with van der Waals surface area (Å²) in [5.41, 5.74) is 0.687. The van der Waals surface area contributed by atoms with Crippen molar-refractivity contribution in [1.29, 1.82) is 0 Å². The Morgan fingerprint density at radius 2 is 1.73 bits per heavy atom. The van der Waals surface area contributed by atoms with Gasteiger partial charge in [-0.05, 0) is 17.7 Å². The molecule has 0 fully saturated rings. The second-order valence-corrected chi connectivity index (χ2v) is 4.33. The van der Waals surface area contributed by atoms with Crippen molar-refractivity contribution in [3.05, 3.63) is 86.1 Å². The fraction of sp³-hybridized carbons (Fsp3) is 0.0667. The maximum atomic E-state index is 11.2. The van der Waals surface area contributed by atoms with Crippen molar-refractivity contribution in [1.82, 2.24) is 0 Å². The van der Waals surface area contributed by atoms with Crippen LogP contribution in [0, 0.1) is 20.2 Å². The van der Waals surface area contributed by atoms with Crippen LogP contribution in [-0.4, -0.2) is 9.85 Å². The van der Waals surface area contributed by atoms with E-state index in [1.54, 1.807) is 6.07 Å². The van der Waals surface area contributed by atoms with Crippen molar-refractivity contribution in [2.75, 3.05) is 0 Å². The average molecular weight is 300 g/mol. The molecular formula is C15H12N2O5. The monoisotopic (exact) mass is 300 g/mol. The molecule has 0 spiro atoms. The second kappa shape index (κ2) is 6.98. The van der Waals surface area contributed by atoms with E-state index in [1.165, 1.54) is 12.1 Å². The SMILES string of the molecule is O=[N+]([O-])/C=C/c1cccc(OCc2ccccc2)c1[N+](=O)[O-]. The predicted octanol–water partition coefficient (Wildman–Crippen LogP) is 3.42. The molecule has 0 radical (unpaired) electrons. The number of rotatable bonds is 6. The first-order chi connectivity index (χ1) is 10.6. The lowest BCUT2D eigenvalue weighted by Gasteiger charge is -2.08. The van der Waals surface area contributed by atoms with Crippen molar-refractivity contribution in [2.45, 2.75) is 6.61 Å². The summed E-state index contributed by atoms with van der Waals surface area (Å²) in [5.74, 6) is 0.0688. The van der Waals surface area contributed by atoms with Crippen LogP contribution in [0.4, 0.5) is 5.69 Å². The summed E-state index contributed by atoms with van der Waals surface area (Å²) in [6.07, 6.45) is 1.73. The minimum atomic E-state index is -0.679. The summed E-state index contributed by atoms with van der Waals surface area (Å²) < 4.78 is 5.49. The van der Waals surface area contributed by atoms with Gasteiger partial charge < -0.3 is 4.74 Å². The van der Waals surface area contributed by atoms with E-state index < -0.39 is 9.85 Å². The van der Waals surface area contributed by atoms with Gasteiger partial charge in [-0.2, -0.15) is 0 Å². The van der Waals surface area contributed by atoms with Crippen LogP contribution in [0.15, 0.2) is 54.7 Å². The zero-order valence-electron chi connectivity index (χ0n) is 11.4. The van der Waals surface area contributed by atoms with Gasteiger partial charge in [-0.3, -0.25) is 20.2 Å². The fourth-order valence-electron chi connectivity index (χ4n) is 1.86. The Hall–Kier alpha value is -3.22. The lowest BCUT2D eigenvalue weighted by molar-refractivity contribution is -0.401. The number of nitrogens with zero attached hydrogens (tertiary/aromatic N) is 2. The quantitative estimate of drug-likeness (QED) is 0.601. The molecule has 0 aliphatic heterocycles. The Kier molecular flexibility index (Phi) is 4.81. The number of para-hydroxylation sites is 1. The van der Waals surface area contributed by atoms with E-state index in [2.05, 4.69) is 0 Å². The van der Waals surface area contributed by atoms with Crippen LogP contribution in [-0.2, 0) is 6.61 Å². The van der Waals surface area contributed by atoms with Gasteiger partial charge in [-0.15, -0.1) is 0 Å². The molecule has 0 heterocycles. The van der Waals surface area contributed by atoms with Gasteiger partial charge in [-0.25, -0.2) is 0 Å². The molecule has 0 bridgehead atoms. The maximum absolute atomic E-state index is 11.2. The van der Waals surface area contributed by atoms with Gasteiger partial charge in [0.15, 0.2) is 5.75 Å². The summed E-state index contributed by atoms with van der Waals surface area (Å²) >= 11 is 0. The summed E-state index contributed by atoms with van der Waals surface area (Å²) in [4.78, 5) is 20.3. The summed E-state index contributed by atoms with van der Waals surface area (Å²) in [6, 6.07) is 13.6. The number of hydrogen-bond donors (Lipinski definition) is 0. The number of ether oxygens (including phenoxy) is 1. The first kappa shape index (κ1) is 15.2. The van der Waals surface area contributed by atoms with E-state index in [0.29, 0.717) is 6.20 Å². The molecular weight excluding hydrogens is 288 g/mol. The molecule has 0 N–H and O–H groups in total. The highest BCUT2D eigenvalue weighted by molar-refractivity contribution is 5.66. The Labute approximate surface area is 125 Å². The topological polar surface area (TPSA) is 95.5 Å². The minimum absolute atomic E-state index is 0.0688. The fourth-order valence-corrected chi connectivity index (χ4v) is 1.86. The maximum Gasteiger partial charge on any atom is 0.318 e. The van der Waals surface area contributed by atoms with Gasteiger partial charge in [0, 0.05) is 6.08 Å². The van der Waals surface area contributed by atoms with E-state index in [4.69, 9.17) is 4.74 Å². The molecule has 0 amide bonds. The zero-order valence-corrected chi connectivity index (χ0v) is 11.4.